The van der Waals surface area contributed by atoms with E-state index >= 15 is 0 Å². The van der Waals surface area contributed by atoms with Gasteiger partial charge in [-0.15, -0.1) is 0 Å². The van der Waals surface area contributed by atoms with Crippen LogP contribution in [0.25, 0.3) is 0 Å². The molecule has 1 saturated heterocycles. The molecule has 1 heterocycles. The van der Waals surface area contributed by atoms with E-state index in [0.717, 1.165) is 25.6 Å². The van der Waals surface area contributed by atoms with Crippen molar-refractivity contribution in [2.45, 2.75) is 39.5 Å². The van der Waals surface area contributed by atoms with Crippen LogP contribution in [0.2, 0.25) is 0 Å². The molecule has 1 rings (SSSR count). The molecule has 1 N–H and O–H groups in total. The summed E-state index contributed by atoms with van der Waals surface area (Å²) in [4.78, 5) is 13.6. The van der Waals surface area contributed by atoms with Gasteiger partial charge in [-0.2, -0.15) is 0 Å². The van der Waals surface area contributed by atoms with Gasteiger partial charge in [0.05, 0.1) is 6.54 Å². The minimum absolute atomic E-state index is 0.276. The first-order chi connectivity index (χ1) is 7.27. The Hall–Kier alpha value is -0.570. The lowest BCUT2D eigenvalue weighted by molar-refractivity contribution is -0.129. The standard InChI is InChI=1S/C12H24N2O/c1-3-11(4-2)9-13-10-12(15)14-7-5-6-8-14/h11,13H,3-10H2,1-2H3. The lowest BCUT2D eigenvalue weighted by Crippen LogP contribution is -2.37. The van der Waals surface area contributed by atoms with Crippen LogP contribution < -0.4 is 5.32 Å². The van der Waals surface area contributed by atoms with Gasteiger partial charge >= 0.3 is 0 Å². The normalized spacial score (nSPS) is 16.3. The Labute approximate surface area is 93.2 Å². The van der Waals surface area contributed by atoms with Crippen molar-refractivity contribution in [1.29, 1.82) is 0 Å². The number of carbonyl (C=O) groups excluding carboxylic acids is 1. The molecule has 0 aromatic heterocycles. The van der Waals surface area contributed by atoms with Crippen LogP contribution in [-0.2, 0) is 4.79 Å². The minimum atomic E-state index is 0.276. The second-order valence-electron chi connectivity index (χ2n) is 4.40. The van der Waals surface area contributed by atoms with E-state index in [1.165, 1.54) is 25.7 Å². The Morgan fingerprint density at radius 3 is 2.40 bits per heavy atom. The van der Waals surface area contributed by atoms with Crippen molar-refractivity contribution in [2.75, 3.05) is 26.2 Å². The van der Waals surface area contributed by atoms with E-state index in [4.69, 9.17) is 0 Å². The van der Waals surface area contributed by atoms with Crippen molar-refractivity contribution in [3.05, 3.63) is 0 Å². The quantitative estimate of drug-likeness (QED) is 0.726. The Kier molecular flexibility index (Phi) is 5.69. The first-order valence-corrected chi connectivity index (χ1v) is 6.26. The largest absolute Gasteiger partial charge is 0.342 e. The third kappa shape index (κ3) is 4.20. The molecule has 1 aliphatic rings. The predicted octanol–water partition coefficient (Wildman–Crippen LogP) is 1.63. The van der Waals surface area contributed by atoms with Gasteiger partial charge in [-0.3, -0.25) is 4.79 Å². The monoisotopic (exact) mass is 212 g/mol. The highest BCUT2D eigenvalue weighted by molar-refractivity contribution is 5.78. The van der Waals surface area contributed by atoms with Crippen LogP contribution in [-0.4, -0.2) is 37.0 Å². The molecular formula is C12H24N2O. The molecule has 1 fully saturated rings. The number of hydrogen-bond donors (Lipinski definition) is 1. The zero-order chi connectivity index (χ0) is 11.1. The second kappa shape index (κ2) is 6.83. The van der Waals surface area contributed by atoms with Crippen molar-refractivity contribution < 1.29 is 4.79 Å². The summed E-state index contributed by atoms with van der Waals surface area (Å²) in [5, 5.41) is 3.27. The summed E-state index contributed by atoms with van der Waals surface area (Å²) in [6, 6.07) is 0. The number of carbonyl (C=O) groups is 1. The molecule has 88 valence electrons. The molecule has 0 aliphatic carbocycles. The van der Waals surface area contributed by atoms with Crippen LogP contribution in [0.1, 0.15) is 39.5 Å². The van der Waals surface area contributed by atoms with E-state index in [2.05, 4.69) is 19.2 Å². The highest BCUT2D eigenvalue weighted by atomic mass is 16.2. The first-order valence-electron chi connectivity index (χ1n) is 6.26. The van der Waals surface area contributed by atoms with Gasteiger partial charge in [-0.1, -0.05) is 26.7 Å². The molecule has 0 spiro atoms. The van der Waals surface area contributed by atoms with Crippen LogP contribution >= 0.6 is 0 Å². The highest BCUT2D eigenvalue weighted by Crippen LogP contribution is 2.07. The van der Waals surface area contributed by atoms with E-state index in [9.17, 15) is 4.79 Å². The number of likely N-dealkylation sites (tertiary alicyclic amines) is 1. The Morgan fingerprint density at radius 1 is 1.27 bits per heavy atom. The van der Waals surface area contributed by atoms with E-state index in [0.29, 0.717) is 6.54 Å². The average molecular weight is 212 g/mol. The molecule has 0 unspecified atom stereocenters. The fraction of sp³-hybridized carbons (Fsp3) is 0.917. The Morgan fingerprint density at radius 2 is 1.87 bits per heavy atom. The number of amides is 1. The topological polar surface area (TPSA) is 32.3 Å². The van der Waals surface area contributed by atoms with E-state index in [1.807, 2.05) is 4.90 Å². The second-order valence-corrected chi connectivity index (χ2v) is 4.40. The molecule has 0 saturated carbocycles. The molecular weight excluding hydrogens is 188 g/mol. The maximum Gasteiger partial charge on any atom is 0.236 e. The van der Waals surface area contributed by atoms with Gasteiger partial charge in [-0.05, 0) is 25.3 Å². The molecule has 1 amide bonds. The van der Waals surface area contributed by atoms with Gasteiger partial charge in [0.25, 0.3) is 0 Å². The smallest absolute Gasteiger partial charge is 0.236 e. The molecule has 3 heteroatoms. The number of rotatable bonds is 6. The van der Waals surface area contributed by atoms with Gasteiger partial charge in [-0.25, -0.2) is 0 Å². The summed E-state index contributed by atoms with van der Waals surface area (Å²) in [6.07, 6.45) is 4.75. The molecule has 0 radical (unpaired) electrons. The summed E-state index contributed by atoms with van der Waals surface area (Å²) in [7, 11) is 0. The Balaban J connectivity index is 2.10. The van der Waals surface area contributed by atoms with Crippen molar-refractivity contribution in [1.82, 2.24) is 10.2 Å². The van der Waals surface area contributed by atoms with Crippen molar-refractivity contribution in [3.63, 3.8) is 0 Å². The van der Waals surface area contributed by atoms with Crippen LogP contribution in [0.5, 0.6) is 0 Å². The molecule has 1 aliphatic heterocycles. The van der Waals surface area contributed by atoms with Gasteiger partial charge < -0.3 is 10.2 Å². The molecule has 0 aromatic rings. The van der Waals surface area contributed by atoms with Gasteiger partial charge in [0.2, 0.25) is 5.91 Å². The molecule has 0 bridgehead atoms. The van der Waals surface area contributed by atoms with Gasteiger partial charge in [0.1, 0.15) is 0 Å². The van der Waals surface area contributed by atoms with Gasteiger partial charge in [0.15, 0.2) is 0 Å². The van der Waals surface area contributed by atoms with E-state index < -0.39 is 0 Å². The molecule has 3 nitrogen and oxygen atoms in total. The summed E-state index contributed by atoms with van der Waals surface area (Å²) >= 11 is 0. The number of hydrogen-bond acceptors (Lipinski definition) is 2. The molecule has 0 aromatic carbocycles. The lowest BCUT2D eigenvalue weighted by Gasteiger charge is -2.17. The maximum atomic E-state index is 11.7. The first kappa shape index (κ1) is 12.5. The third-order valence-corrected chi connectivity index (χ3v) is 3.32. The number of nitrogens with zero attached hydrogens (tertiary/aromatic N) is 1. The van der Waals surface area contributed by atoms with Crippen molar-refractivity contribution in [3.8, 4) is 0 Å². The SMILES string of the molecule is CCC(CC)CNCC(=O)N1CCCC1. The van der Waals surface area contributed by atoms with Crippen molar-refractivity contribution >= 4 is 5.91 Å². The fourth-order valence-electron chi connectivity index (χ4n) is 2.04. The zero-order valence-electron chi connectivity index (χ0n) is 10.1. The van der Waals surface area contributed by atoms with E-state index in [1.54, 1.807) is 0 Å². The van der Waals surface area contributed by atoms with Gasteiger partial charge in [0, 0.05) is 13.1 Å². The molecule has 15 heavy (non-hydrogen) atoms. The maximum absolute atomic E-state index is 11.7. The Bertz CT molecular complexity index is 184. The van der Waals surface area contributed by atoms with Crippen LogP contribution in [0, 0.1) is 5.92 Å². The zero-order valence-corrected chi connectivity index (χ0v) is 10.1. The summed E-state index contributed by atoms with van der Waals surface area (Å²) in [6.45, 7) is 7.84. The number of nitrogens with one attached hydrogen (secondary N) is 1. The van der Waals surface area contributed by atoms with Crippen LogP contribution in [0.15, 0.2) is 0 Å². The summed E-state index contributed by atoms with van der Waals surface area (Å²) < 4.78 is 0. The fourth-order valence-corrected chi connectivity index (χ4v) is 2.04. The lowest BCUT2D eigenvalue weighted by atomic mass is 10.0. The highest BCUT2D eigenvalue weighted by Gasteiger charge is 2.17. The summed E-state index contributed by atoms with van der Waals surface area (Å²) in [5.41, 5.74) is 0. The van der Waals surface area contributed by atoms with Crippen LogP contribution in [0.3, 0.4) is 0 Å². The summed E-state index contributed by atoms with van der Waals surface area (Å²) in [5.74, 6) is 0.995. The molecule has 0 atom stereocenters. The van der Waals surface area contributed by atoms with E-state index in [-0.39, 0.29) is 5.91 Å². The minimum Gasteiger partial charge on any atom is -0.342 e. The third-order valence-electron chi connectivity index (χ3n) is 3.32. The van der Waals surface area contributed by atoms with Crippen LogP contribution in [0.4, 0.5) is 0 Å². The predicted molar refractivity (Wildman–Crippen MR) is 62.8 cm³/mol. The van der Waals surface area contributed by atoms with Crippen molar-refractivity contribution in [2.24, 2.45) is 5.92 Å². The average Bonchev–Trinajstić information content (AvgIpc) is 2.77.